The zero-order chi connectivity index (χ0) is 21.5. The van der Waals surface area contributed by atoms with Crippen LogP contribution in [-0.4, -0.2) is 3.79 Å². The van der Waals surface area contributed by atoms with E-state index in [2.05, 4.69) is 0 Å². The molecule has 0 bridgehead atoms. The molecule has 3 aromatic rings. The lowest BCUT2D eigenvalue weighted by Gasteiger charge is -2.34. The maximum absolute atomic E-state index is 6.38. The Balaban J connectivity index is 1.93. The summed E-state index contributed by atoms with van der Waals surface area (Å²) in [4.78, 5) is 0. The van der Waals surface area contributed by atoms with Gasteiger partial charge in [-0.05, 0) is 48.5 Å². The quantitative estimate of drug-likeness (QED) is 0.240. The van der Waals surface area contributed by atoms with Crippen LogP contribution in [0.2, 0.25) is 10.0 Å². The highest BCUT2D eigenvalue weighted by Gasteiger charge is 2.43. The fraction of sp³-hybridized carbons (Fsp3) is 0.100. The van der Waals surface area contributed by atoms with Crippen LogP contribution in [0.4, 0.5) is 0 Å². The number of alkyl halides is 3. The van der Waals surface area contributed by atoms with Crippen molar-refractivity contribution in [3.8, 4) is 17.2 Å². The lowest BCUT2D eigenvalue weighted by molar-refractivity contribution is 0.374. The van der Waals surface area contributed by atoms with Crippen molar-refractivity contribution in [3.63, 3.8) is 0 Å². The molecule has 3 aromatic carbocycles. The molecule has 0 aromatic heterocycles. The SMILES string of the molecule is S=P1(Oc2ccccc2)Oc2ccc(Cl)cc2C(C(Cl)(Cl)Cl)c2cc(Cl)ccc2O1. The van der Waals surface area contributed by atoms with E-state index in [0.29, 0.717) is 38.4 Å². The number of hydrogen-bond donors (Lipinski definition) is 0. The monoisotopic (exact) mass is 538 g/mol. The Morgan fingerprint density at radius 3 is 1.77 bits per heavy atom. The molecule has 10 heteroatoms. The van der Waals surface area contributed by atoms with Gasteiger partial charge in [0.1, 0.15) is 17.2 Å². The summed E-state index contributed by atoms with van der Waals surface area (Å²) in [6.45, 7) is -3.36. The molecule has 0 unspecified atom stereocenters. The van der Waals surface area contributed by atoms with Gasteiger partial charge < -0.3 is 13.6 Å². The minimum absolute atomic E-state index is 0.348. The van der Waals surface area contributed by atoms with Gasteiger partial charge in [0.25, 0.3) is 0 Å². The highest BCUT2D eigenvalue weighted by molar-refractivity contribution is 8.08. The van der Waals surface area contributed by atoms with Crippen molar-refractivity contribution in [3.05, 3.63) is 87.9 Å². The average Bonchev–Trinajstić information content (AvgIpc) is 2.65. The molecule has 0 N–H and O–H groups in total. The first-order valence-corrected chi connectivity index (χ1v) is 13.0. The van der Waals surface area contributed by atoms with Gasteiger partial charge in [-0.3, -0.25) is 0 Å². The van der Waals surface area contributed by atoms with Crippen LogP contribution in [0.5, 0.6) is 17.2 Å². The average molecular weight is 541 g/mol. The molecule has 1 heterocycles. The number of rotatable bonds is 2. The summed E-state index contributed by atoms with van der Waals surface area (Å²) in [7, 11) is 0. The Morgan fingerprint density at radius 1 is 0.800 bits per heavy atom. The Kier molecular flexibility index (Phi) is 6.41. The smallest absolute Gasteiger partial charge is 0.407 e. The molecular formula is C20H12Cl5O3PS. The van der Waals surface area contributed by atoms with E-state index in [1.165, 1.54) is 0 Å². The van der Waals surface area contributed by atoms with Crippen LogP contribution in [0.1, 0.15) is 17.0 Å². The molecule has 4 rings (SSSR count). The first kappa shape index (κ1) is 22.4. The summed E-state index contributed by atoms with van der Waals surface area (Å²) in [5.41, 5.74) is 1.06. The van der Waals surface area contributed by atoms with Crippen LogP contribution in [0.25, 0.3) is 0 Å². The lowest BCUT2D eigenvalue weighted by atomic mass is 9.91. The van der Waals surface area contributed by atoms with Crippen LogP contribution in [0.15, 0.2) is 66.7 Å². The number of benzene rings is 3. The third kappa shape index (κ3) is 4.81. The van der Waals surface area contributed by atoms with Crippen LogP contribution in [0, 0.1) is 0 Å². The fourth-order valence-electron chi connectivity index (χ4n) is 3.08. The van der Waals surface area contributed by atoms with E-state index in [-0.39, 0.29) is 0 Å². The standard InChI is InChI=1S/C20H12Cl5O3PS/c21-12-6-8-17-15(10-12)19(20(23,24)25)16-11-13(22)7-9-18(16)28-29(30,27-17)26-14-4-2-1-3-5-14/h1-11,19H. The molecule has 1 aliphatic heterocycles. The van der Waals surface area contributed by atoms with Crippen molar-refractivity contribution in [2.45, 2.75) is 9.71 Å². The van der Waals surface area contributed by atoms with Crippen LogP contribution >= 0.6 is 64.7 Å². The second-order valence-electron chi connectivity index (χ2n) is 6.37. The number of para-hydroxylation sites is 1. The molecule has 1 aliphatic rings. The number of fused-ring (bicyclic) bond motifs is 2. The maximum Gasteiger partial charge on any atom is 0.490 e. The van der Waals surface area contributed by atoms with Gasteiger partial charge in [-0.2, -0.15) is 0 Å². The number of halogens is 5. The molecule has 0 fully saturated rings. The van der Waals surface area contributed by atoms with Crippen molar-refractivity contribution in [1.82, 2.24) is 0 Å². The van der Waals surface area contributed by atoms with Crippen LogP contribution in [-0.2, 0) is 11.8 Å². The normalized spacial score (nSPS) is 20.6. The second-order valence-corrected chi connectivity index (χ2v) is 12.4. The van der Waals surface area contributed by atoms with Gasteiger partial charge in [0, 0.05) is 33.0 Å². The molecule has 0 spiro atoms. The minimum atomic E-state index is -3.36. The van der Waals surface area contributed by atoms with Crippen molar-refractivity contribution in [2.75, 3.05) is 0 Å². The minimum Gasteiger partial charge on any atom is -0.407 e. The Morgan fingerprint density at radius 2 is 1.30 bits per heavy atom. The summed E-state index contributed by atoms with van der Waals surface area (Å²) < 4.78 is 16.5. The summed E-state index contributed by atoms with van der Waals surface area (Å²) >= 11 is 37.4. The molecule has 0 saturated carbocycles. The lowest BCUT2D eigenvalue weighted by Crippen LogP contribution is -2.23. The molecule has 30 heavy (non-hydrogen) atoms. The van der Waals surface area contributed by atoms with Crippen molar-refractivity contribution in [2.24, 2.45) is 0 Å². The summed E-state index contributed by atoms with van der Waals surface area (Å²) in [5, 5.41) is 0.887. The van der Waals surface area contributed by atoms with E-state index in [1.54, 1.807) is 48.5 Å². The van der Waals surface area contributed by atoms with E-state index in [9.17, 15) is 0 Å². The molecule has 0 saturated heterocycles. The largest absolute Gasteiger partial charge is 0.490 e. The van der Waals surface area contributed by atoms with E-state index in [0.717, 1.165) is 0 Å². The molecule has 0 atom stereocenters. The topological polar surface area (TPSA) is 27.7 Å². The van der Waals surface area contributed by atoms with Gasteiger partial charge in [0.15, 0.2) is 0 Å². The third-order valence-electron chi connectivity index (χ3n) is 4.27. The van der Waals surface area contributed by atoms with E-state index in [1.807, 2.05) is 18.2 Å². The highest BCUT2D eigenvalue weighted by atomic mass is 35.6. The van der Waals surface area contributed by atoms with Gasteiger partial charge in [-0.25, -0.2) is 0 Å². The third-order valence-corrected chi connectivity index (χ3v) is 7.34. The second kappa shape index (κ2) is 8.60. The summed E-state index contributed by atoms with van der Waals surface area (Å²) in [6.07, 6.45) is 0. The Bertz CT molecular complexity index is 1080. The highest BCUT2D eigenvalue weighted by Crippen LogP contribution is 2.59. The summed E-state index contributed by atoms with van der Waals surface area (Å²) in [5.74, 6) is 0.414. The van der Waals surface area contributed by atoms with E-state index >= 15 is 0 Å². The molecule has 3 nitrogen and oxygen atoms in total. The predicted molar refractivity (Wildman–Crippen MR) is 128 cm³/mol. The van der Waals surface area contributed by atoms with Gasteiger partial charge in [-0.15, -0.1) is 0 Å². The predicted octanol–water partition coefficient (Wildman–Crippen LogP) is 8.57. The first-order valence-electron chi connectivity index (χ1n) is 8.54. The van der Waals surface area contributed by atoms with Gasteiger partial charge in [0.2, 0.25) is 3.79 Å². The molecule has 0 amide bonds. The van der Waals surface area contributed by atoms with Crippen molar-refractivity contribution in [1.29, 1.82) is 0 Å². The molecule has 0 aliphatic carbocycles. The Labute approximate surface area is 204 Å². The van der Waals surface area contributed by atoms with Crippen LogP contribution < -0.4 is 13.6 Å². The Hall–Kier alpha value is -0.840. The zero-order valence-corrected chi connectivity index (χ0v) is 20.4. The van der Waals surface area contributed by atoms with Gasteiger partial charge in [0.05, 0.1) is 5.92 Å². The van der Waals surface area contributed by atoms with Crippen LogP contribution in [0.3, 0.4) is 0 Å². The maximum atomic E-state index is 6.38. The molecule has 0 radical (unpaired) electrons. The van der Waals surface area contributed by atoms with Crippen molar-refractivity contribution >= 4 is 76.5 Å². The molecule has 156 valence electrons. The zero-order valence-electron chi connectivity index (χ0n) is 14.9. The van der Waals surface area contributed by atoms with E-state index in [4.69, 9.17) is 83.4 Å². The van der Waals surface area contributed by atoms with Gasteiger partial charge >= 0.3 is 6.72 Å². The fourth-order valence-corrected chi connectivity index (χ4v) is 6.20. The van der Waals surface area contributed by atoms with Gasteiger partial charge in [-0.1, -0.05) is 76.2 Å². The first-order chi connectivity index (χ1) is 14.1. The number of hydrogen-bond acceptors (Lipinski definition) is 4. The molecular weight excluding hydrogens is 529 g/mol. The summed E-state index contributed by atoms with van der Waals surface area (Å²) in [6, 6.07) is 19.0. The van der Waals surface area contributed by atoms with E-state index < -0.39 is 16.4 Å². The van der Waals surface area contributed by atoms with Crippen molar-refractivity contribution < 1.29 is 13.6 Å².